The lowest BCUT2D eigenvalue weighted by molar-refractivity contribution is -0.143. The molecule has 0 bridgehead atoms. The standard InChI is InChI=1S/C29H33F9N6O/c1-3-25(43-9-6-18(7-10-43)8-11-45)24-5-4-21(27(30,31)32)14-20(24)17-44(26-39-41-42(2)40-26)16-19-12-22(28(33,34)35)15-23(13-19)29(36,37)38/h4-5,12-15,18,25,45H,3,6-11,16-17H2,1-2H3. The van der Waals surface area contributed by atoms with Gasteiger partial charge in [0, 0.05) is 25.7 Å². The van der Waals surface area contributed by atoms with Gasteiger partial charge < -0.3 is 10.0 Å². The molecule has 1 unspecified atom stereocenters. The van der Waals surface area contributed by atoms with Crippen LogP contribution in [0, 0.1) is 5.92 Å². The van der Waals surface area contributed by atoms with Gasteiger partial charge in [-0.3, -0.25) is 4.90 Å². The normalized spacial score (nSPS) is 16.3. The molecule has 1 atom stereocenters. The number of halogens is 9. The highest BCUT2D eigenvalue weighted by Gasteiger charge is 2.38. The van der Waals surface area contributed by atoms with E-state index in [0.29, 0.717) is 49.5 Å². The molecule has 3 aromatic rings. The van der Waals surface area contributed by atoms with Crippen molar-refractivity contribution < 1.29 is 44.6 Å². The number of aryl methyl sites for hydroxylation is 1. The molecule has 1 aliphatic heterocycles. The van der Waals surface area contributed by atoms with Gasteiger partial charge in [0.25, 0.3) is 5.95 Å². The molecule has 1 aliphatic rings. The number of rotatable bonds is 10. The Bertz CT molecular complexity index is 1400. The second-order valence-electron chi connectivity index (χ2n) is 11.2. The largest absolute Gasteiger partial charge is 0.416 e. The highest BCUT2D eigenvalue weighted by molar-refractivity contribution is 5.42. The number of aromatic nitrogens is 4. The zero-order chi connectivity index (χ0) is 33.2. The Morgan fingerprint density at radius 1 is 0.867 bits per heavy atom. The minimum atomic E-state index is -5.08. The molecule has 0 spiro atoms. The molecule has 0 saturated carbocycles. The maximum atomic E-state index is 13.9. The van der Waals surface area contributed by atoms with E-state index in [1.165, 1.54) is 18.0 Å². The van der Waals surface area contributed by atoms with Crippen LogP contribution in [0.5, 0.6) is 0 Å². The number of aliphatic hydroxyl groups excluding tert-OH is 1. The third-order valence-corrected chi connectivity index (χ3v) is 8.01. The lowest BCUT2D eigenvalue weighted by Crippen LogP contribution is -2.37. The Labute approximate surface area is 253 Å². The van der Waals surface area contributed by atoms with E-state index >= 15 is 0 Å². The summed E-state index contributed by atoms with van der Waals surface area (Å²) < 4.78 is 123. The average Bonchev–Trinajstić information content (AvgIpc) is 3.39. The Morgan fingerprint density at radius 3 is 1.96 bits per heavy atom. The van der Waals surface area contributed by atoms with Crippen molar-refractivity contribution in [1.29, 1.82) is 0 Å². The summed E-state index contributed by atoms with van der Waals surface area (Å²) in [5.41, 5.74) is -3.67. The van der Waals surface area contributed by atoms with E-state index in [1.807, 2.05) is 6.92 Å². The number of alkyl halides is 9. The number of aliphatic hydroxyl groups is 1. The molecule has 1 aromatic heterocycles. The van der Waals surface area contributed by atoms with Crippen LogP contribution in [0.1, 0.15) is 72.0 Å². The molecule has 4 rings (SSSR count). The molecule has 248 valence electrons. The molecule has 45 heavy (non-hydrogen) atoms. The number of hydrogen-bond donors (Lipinski definition) is 1. The third kappa shape index (κ3) is 8.66. The molecule has 0 amide bonds. The summed E-state index contributed by atoms with van der Waals surface area (Å²) in [6.45, 7) is 2.29. The predicted octanol–water partition coefficient (Wildman–Crippen LogP) is 7.02. The van der Waals surface area contributed by atoms with Gasteiger partial charge in [0.05, 0.1) is 23.7 Å². The zero-order valence-electron chi connectivity index (χ0n) is 24.5. The summed E-state index contributed by atoms with van der Waals surface area (Å²) in [5.74, 6) is 0.132. The zero-order valence-corrected chi connectivity index (χ0v) is 24.5. The van der Waals surface area contributed by atoms with Crippen LogP contribution in [0.15, 0.2) is 36.4 Å². The maximum absolute atomic E-state index is 13.9. The van der Waals surface area contributed by atoms with Crippen molar-refractivity contribution in [3.63, 3.8) is 0 Å². The van der Waals surface area contributed by atoms with E-state index in [0.717, 1.165) is 29.8 Å². The van der Waals surface area contributed by atoms with Crippen LogP contribution in [-0.4, -0.2) is 49.9 Å². The van der Waals surface area contributed by atoms with Crippen LogP contribution in [-0.2, 0) is 38.7 Å². The average molecular weight is 653 g/mol. The topological polar surface area (TPSA) is 70.3 Å². The van der Waals surface area contributed by atoms with Gasteiger partial charge in [-0.15, -0.1) is 5.10 Å². The predicted molar refractivity (Wildman–Crippen MR) is 146 cm³/mol. The molecule has 1 N–H and O–H groups in total. The maximum Gasteiger partial charge on any atom is 0.416 e. The molecular weight excluding hydrogens is 619 g/mol. The van der Waals surface area contributed by atoms with Gasteiger partial charge in [-0.25, -0.2) is 0 Å². The molecule has 1 saturated heterocycles. The van der Waals surface area contributed by atoms with E-state index in [4.69, 9.17) is 0 Å². The van der Waals surface area contributed by atoms with Crippen molar-refractivity contribution in [3.8, 4) is 0 Å². The fourth-order valence-electron chi connectivity index (χ4n) is 5.79. The van der Waals surface area contributed by atoms with E-state index in [9.17, 15) is 44.6 Å². The monoisotopic (exact) mass is 652 g/mol. The third-order valence-electron chi connectivity index (χ3n) is 8.01. The Balaban J connectivity index is 1.77. The molecule has 0 radical (unpaired) electrons. The minimum Gasteiger partial charge on any atom is -0.396 e. The number of benzene rings is 2. The minimum absolute atomic E-state index is 0.00883. The van der Waals surface area contributed by atoms with Crippen molar-refractivity contribution in [1.82, 2.24) is 25.1 Å². The first-order valence-electron chi connectivity index (χ1n) is 14.3. The summed E-state index contributed by atoms with van der Waals surface area (Å²) in [5, 5.41) is 20.9. The van der Waals surface area contributed by atoms with Crippen LogP contribution >= 0.6 is 0 Å². The number of likely N-dealkylation sites (tertiary alicyclic amines) is 1. The second-order valence-corrected chi connectivity index (χ2v) is 11.2. The van der Waals surface area contributed by atoms with E-state index < -0.39 is 47.3 Å². The fourth-order valence-corrected chi connectivity index (χ4v) is 5.79. The number of piperidine rings is 1. The van der Waals surface area contributed by atoms with Crippen LogP contribution in [0.2, 0.25) is 0 Å². The van der Waals surface area contributed by atoms with Gasteiger partial charge >= 0.3 is 18.5 Å². The summed E-state index contributed by atoms with van der Waals surface area (Å²) in [4.78, 5) is 4.38. The summed E-state index contributed by atoms with van der Waals surface area (Å²) in [6.07, 6.45) is -12.1. The van der Waals surface area contributed by atoms with Gasteiger partial charge in [-0.05, 0) is 96.9 Å². The first kappa shape index (κ1) is 34.5. The van der Waals surface area contributed by atoms with Crippen LogP contribution < -0.4 is 4.90 Å². The lowest BCUT2D eigenvalue weighted by Gasteiger charge is -2.38. The molecule has 7 nitrogen and oxygen atoms in total. The van der Waals surface area contributed by atoms with E-state index in [1.54, 1.807) is 0 Å². The van der Waals surface area contributed by atoms with Crippen LogP contribution in [0.25, 0.3) is 0 Å². The smallest absolute Gasteiger partial charge is 0.396 e. The highest BCUT2D eigenvalue weighted by Crippen LogP contribution is 2.39. The second kappa shape index (κ2) is 13.5. The summed E-state index contributed by atoms with van der Waals surface area (Å²) in [7, 11) is 1.39. The molecule has 16 heteroatoms. The molecule has 2 heterocycles. The van der Waals surface area contributed by atoms with Crippen molar-refractivity contribution in [3.05, 3.63) is 69.8 Å². The summed E-state index contributed by atoms with van der Waals surface area (Å²) >= 11 is 0. The number of nitrogens with zero attached hydrogens (tertiary/aromatic N) is 6. The molecular formula is C29H33F9N6O. The fraction of sp³-hybridized carbons (Fsp3) is 0.552. The lowest BCUT2D eigenvalue weighted by atomic mass is 9.89. The SMILES string of the molecule is CCC(c1ccc(C(F)(F)F)cc1CN(Cc1cc(C(F)(F)F)cc(C(F)(F)F)c1)c1nnn(C)n1)N1CCC(CCO)CC1. The van der Waals surface area contributed by atoms with Gasteiger partial charge in [-0.2, -0.15) is 44.3 Å². The quantitative estimate of drug-likeness (QED) is 0.238. The van der Waals surface area contributed by atoms with E-state index in [2.05, 4.69) is 20.3 Å². The van der Waals surface area contributed by atoms with Crippen LogP contribution in [0.3, 0.4) is 0 Å². The number of tetrazole rings is 1. The number of hydrogen-bond acceptors (Lipinski definition) is 6. The Morgan fingerprint density at radius 2 is 1.47 bits per heavy atom. The van der Waals surface area contributed by atoms with Crippen molar-refractivity contribution >= 4 is 5.95 Å². The van der Waals surface area contributed by atoms with Crippen molar-refractivity contribution in [2.24, 2.45) is 13.0 Å². The van der Waals surface area contributed by atoms with Gasteiger partial charge in [-0.1, -0.05) is 18.1 Å². The Hall–Kier alpha value is -3.40. The molecule has 1 fully saturated rings. The number of anilines is 1. The molecule has 2 aromatic carbocycles. The Kier molecular flexibility index (Phi) is 10.4. The van der Waals surface area contributed by atoms with E-state index in [-0.39, 0.29) is 36.8 Å². The van der Waals surface area contributed by atoms with Crippen molar-refractivity contribution in [2.75, 3.05) is 24.6 Å². The first-order chi connectivity index (χ1) is 21.0. The van der Waals surface area contributed by atoms with Crippen LogP contribution in [0.4, 0.5) is 45.5 Å². The van der Waals surface area contributed by atoms with Crippen molar-refractivity contribution in [2.45, 2.75) is 70.3 Å². The summed E-state index contributed by atoms with van der Waals surface area (Å²) in [6, 6.07) is 4.11. The van der Waals surface area contributed by atoms with Gasteiger partial charge in [0.15, 0.2) is 0 Å². The van der Waals surface area contributed by atoms with Gasteiger partial charge in [0.2, 0.25) is 0 Å². The molecule has 0 aliphatic carbocycles. The van der Waals surface area contributed by atoms with Gasteiger partial charge in [0.1, 0.15) is 0 Å². The highest BCUT2D eigenvalue weighted by atomic mass is 19.4. The first-order valence-corrected chi connectivity index (χ1v) is 14.3.